The number of hydrogen-bond donors (Lipinski definition) is 0. The number of unbranched alkanes of at least 4 members (excludes halogenated alkanes) is 11. The van der Waals surface area contributed by atoms with Gasteiger partial charge in [0.05, 0.1) is 0 Å². The molecule has 0 aliphatic heterocycles. The topological polar surface area (TPSA) is 0 Å². The van der Waals surface area contributed by atoms with Crippen LogP contribution in [0.15, 0.2) is 0 Å². The lowest BCUT2D eigenvalue weighted by Crippen LogP contribution is -2.14. The third kappa shape index (κ3) is 254. The molecule has 2 atom stereocenters. The molecule has 3 aliphatic rings. The molecule has 0 heteroatoms. The van der Waals surface area contributed by atoms with Crippen molar-refractivity contribution in [3.05, 3.63) is 0 Å². The predicted octanol–water partition coefficient (Wildman–Crippen LogP) is 45.9. The molecule has 0 aromatic rings. The third-order valence-corrected chi connectivity index (χ3v) is 20.6. The van der Waals surface area contributed by atoms with Crippen molar-refractivity contribution < 1.29 is 0 Å². The molecule has 113 heavy (non-hydrogen) atoms. The molecule has 0 nitrogen and oxygen atoms in total. The fraction of sp³-hybridized carbons (Fsp3) is 1.00. The predicted molar refractivity (Wildman–Crippen MR) is 554 cm³/mol. The molecule has 0 bridgehead atoms. The van der Waals surface area contributed by atoms with E-state index in [9.17, 15) is 0 Å². The van der Waals surface area contributed by atoms with Crippen LogP contribution in [0.2, 0.25) is 0 Å². The van der Waals surface area contributed by atoms with E-state index in [1.165, 1.54) is 302 Å². The molecule has 0 N–H and O–H groups in total. The maximum absolute atomic E-state index is 2.38. The van der Waals surface area contributed by atoms with E-state index in [1.807, 2.05) is 0 Å². The first-order chi connectivity index (χ1) is 52.4. The molecule has 3 rings (SSSR count). The van der Waals surface area contributed by atoms with E-state index in [0.29, 0.717) is 21.7 Å². The third-order valence-electron chi connectivity index (χ3n) is 20.6. The Morgan fingerprint density at radius 3 is 0.531 bits per heavy atom. The van der Waals surface area contributed by atoms with Gasteiger partial charge in [-0.1, -0.05) is 629 Å². The Kier molecular flexibility index (Phi) is 170. The lowest BCUT2D eigenvalue weighted by Gasteiger charge is -2.28. The molecule has 3 saturated carbocycles. The summed E-state index contributed by atoms with van der Waals surface area (Å²) in [6.45, 7) is 114. The van der Waals surface area contributed by atoms with Crippen molar-refractivity contribution in [1.82, 2.24) is 0 Å². The number of rotatable bonds is 29. The molecule has 0 aromatic heterocycles. The Morgan fingerprint density at radius 2 is 0.451 bits per heavy atom. The Morgan fingerprint density at radius 1 is 0.248 bits per heavy atom. The van der Waals surface area contributed by atoms with Gasteiger partial charge in [-0.2, -0.15) is 0 Å². The van der Waals surface area contributed by atoms with Crippen molar-refractivity contribution in [3.8, 4) is 0 Å². The zero-order chi connectivity index (χ0) is 92.6. The molecular formula is C113H258. The van der Waals surface area contributed by atoms with E-state index in [-0.39, 0.29) is 0 Å². The second-order valence-corrected chi connectivity index (χ2v) is 41.9. The van der Waals surface area contributed by atoms with Crippen LogP contribution in [0.5, 0.6) is 0 Å². The van der Waals surface area contributed by atoms with Gasteiger partial charge < -0.3 is 0 Å². The quantitative estimate of drug-likeness (QED) is 0.0655. The Hall–Kier alpha value is 0. The molecule has 2 unspecified atom stereocenters. The van der Waals surface area contributed by atoms with E-state index >= 15 is 0 Å². The van der Waals surface area contributed by atoms with Gasteiger partial charge in [0.15, 0.2) is 0 Å². The van der Waals surface area contributed by atoms with Crippen LogP contribution in [0.3, 0.4) is 0 Å². The molecule has 3 fully saturated rings. The van der Waals surface area contributed by atoms with Crippen molar-refractivity contribution in [3.63, 3.8) is 0 Å². The Labute approximate surface area is 737 Å². The molecule has 0 aromatic carbocycles. The van der Waals surface area contributed by atoms with Gasteiger partial charge in [-0.15, -0.1) is 0 Å². The zero-order valence-corrected chi connectivity index (χ0v) is 92.6. The standard InChI is InChI=1S/2C8H16.C7H14.5C7H16.4C6H14.4C5H12.2C4H10.C3H8/c1-7-3-5-8(2)6-4-7;1-8(2)6-4-3-5-7-8;1-7(2)5-3-4-6-7;1-5-7(3,4)6-2;1-4-5-6-7(2)3;2*1-4-6-7(3)5-2;1-3-5-7-6-4-2;2*1-4-5-6(2)3;1-4-6(3)5-2;1-3-5-6-4-2;1-5(2,3)4;2*1-4-5(2)3;1-3-5-4-2;1-4(2)3;1-3-4-2;1-3-2/h7-8H,3-6H2,1-2H3;3-7H2,1-2H3;3-6H2,1-2H3;5-6H2,1-4H3;3*7H,4-6H2,1-3H3;3-7H2,1-2H3;3*6H,4-5H2,1-3H3;3-6H2,1-2H3;1-4H3;2*5H,4H2,1-3H3;3-5H2,1-2H3;4H,1-3H3;3-4H2,1-2H3;3H2,1-2H3. The lowest BCUT2D eigenvalue weighted by atomic mass is 9.78. The normalized spacial score (nSPS) is 14.8. The summed E-state index contributed by atoms with van der Waals surface area (Å²) in [5.74, 6) is 10.2. The van der Waals surface area contributed by atoms with Crippen LogP contribution in [0.1, 0.15) is 655 Å². The first-order valence-corrected chi connectivity index (χ1v) is 52.4. The molecule has 0 radical (unpaired) electrons. The van der Waals surface area contributed by atoms with Crippen LogP contribution in [0.25, 0.3) is 0 Å². The monoisotopic (exact) mass is 1620 g/mol. The summed E-state index contributed by atoms with van der Waals surface area (Å²) in [4.78, 5) is 0. The summed E-state index contributed by atoms with van der Waals surface area (Å²) < 4.78 is 0. The van der Waals surface area contributed by atoms with Crippen molar-refractivity contribution in [1.29, 1.82) is 0 Å². The smallest absolute Gasteiger partial charge is 0.0354 e. The SMILES string of the molecule is CC(C)(C)C.CC(C)C.CC1(C)CCCC1.CC1(C)CCCCC1.CC1CCC(C)CC1.CCC.CCC(C)(C)CC.CCC(C)C.CCC(C)C.CCC(C)CC.CCCC.CCCC(C)C.CCCC(C)C.CCCC(C)CC.CCCC(C)CC.CCCCC.CCCCC(C)C.CCCCCC.CCCCCCC. The molecular weight excluding hydrogens is 1360 g/mol. The summed E-state index contributed by atoms with van der Waals surface area (Å²) >= 11 is 0. The summed E-state index contributed by atoms with van der Waals surface area (Å²) in [6, 6.07) is 0. The maximum Gasteiger partial charge on any atom is -0.0354 e. The van der Waals surface area contributed by atoms with Crippen LogP contribution in [-0.2, 0) is 0 Å². The van der Waals surface area contributed by atoms with Gasteiger partial charge in [-0.05, 0) is 112 Å². The van der Waals surface area contributed by atoms with Crippen LogP contribution in [0, 0.1) is 86.8 Å². The van der Waals surface area contributed by atoms with Crippen molar-refractivity contribution >= 4 is 0 Å². The second kappa shape index (κ2) is 128. The minimum atomic E-state index is 0.500. The molecule has 0 spiro atoms. The van der Waals surface area contributed by atoms with Gasteiger partial charge in [-0.25, -0.2) is 0 Å². The summed E-state index contributed by atoms with van der Waals surface area (Å²) in [6.07, 6.45) is 65.1. The van der Waals surface area contributed by atoms with Crippen molar-refractivity contribution in [2.24, 2.45) is 86.8 Å². The fourth-order valence-corrected chi connectivity index (χ4v) is 9.50. The Balaban J connectivity index is -0.0000000630. The first kappa shape index (κ1) is 151. The zero-order valence-electron chi connectivity index (χ0n) is 92.6. The van der Waals surface area contributed by atoms with E-state index in [0.717, 1.165) is 65.1 Å². The average molecular weight is 1620 g/mol. The minimum Gasteiger partial charge on any atom is -0.0656 e. The van der Waals surface area contributed by atoms with Crippen LogP contribution in [0.4, 0.5) is 0 Å². The van der Waals surface area contributed by atoms with Crippen LogP contribution >= 0.6 is 0 Å². The largest absolute Gasteiger partial charge is 0.0656 e. The van der Waals surface area contributed by atoms with Gasteiger partial charge in [0, 0.05) is 0 Å². The highest BCUT2D eigenvalue weighted by atomic mass is 14.3. The summed E-state index contributed by atoms with van der Waals surface area (Å²) in [5.41, 5.74) is 2.46. The fourth-order valence-electron chi connectivity index (χ4n) is 9.50. The maximum atomic E-state index is 2.38. The van der Waals surface area contributed by atoms with E-state index < -0.39 is 0 Å². The highest BCUT2D eigenvalue weighted by Crippen LogP contribution is 2.36. The van der Waals surface area contributed by atoms with Gasteiger partial charge in [0.2, 0.25) is 0 Å². The van der Waals surface area contributed by atoms with Gasteiger partial charge in [0.25, 0.3) is 0 Å². The van der Waals surface area contributed by atoms with Crippen LogP contribution in [-0.4, -0.2) is 0 Å². The molecule has 0 saturated heterocycles. The lowest BCUT2D eigenvalue weighted by molar-refractivity contribution is 0.244. The number of hydrogen-bond acceptors (Lipinski definition) is 0. The summed E-state index contributed by atoms with van der Waals surface area (Å²) in [5, 5.41) is 0. The van der Waals surface area contributed by atoms with Crippen molar-refractivity contribution in [2.45, 2.75) is 655 Å². The molecule has 0 heterocycles. The molecule has 0 amide bonds. The first-order valence-electron chi connectivity index (χ1n) is 52.4. The van der Waals surface area contributed by atoms with Gasteiger partial charge >= 0.3 is 0 Å². The second-order valence-electron chi connectivity index (χ2n) is 41.9. The molecule has 710 valence electrons. The summed E-state index contributed by atoms with van der Waals surface area (Å²) in [7, 11) is 0. The average Bonchev–Trinajstić information content (AvgIpc) is 1.14. The van der Waals surface area contributed by atoms with Crippen molar-refractivity contribution in [2.75, 3.05) is 0 Å². The van der Waals surface area contributed by atoms with E-state index in [4.69, 9.17) is 0 Å². The van der Waals surface area contributed by atoms with E-state index in [2.05, 4.69) is 353 Å². The minimum absolute atomic E-state index is 0.500. The van der Waals surface area contributed by atoms with E-state index in [1.54, 1.807) is 0 Å². The van der Waals surface area contributed by atoms with Crippen LogP contribution < -0.4 is 0 Å². The van der Waals surface area contributed by atoms with Gasteiger partial charge in [0.1, 0.15) is 0 Å². The Bertz CT molecular complexity index is 1260. The highest BCUT2D eigenvalue weighted by Gasteiger charge is 2.22. The molecule has 3 aliphatic carbocycles. The van der Waals surface area contributed by atoms with Gasteiger partial charge in [-0.3, -0.25) is 0 Å². The highest BCUT2D eigenvalue weighted by molar-refractivity contribution is 4.75.